The molecule has 0 bridgehead atoms. The standard InChI is InChI=1S/C18H15Cl2N3O2/c1-11-6-7-12(10-15(11)20)21-16(24)8-9-17-22-18(23-25-17)13-4-2-3-5-14(13)19/h2-7,10H,8-9H2,1H3,(H,21,24). The predicted molar refractivity (Wildman–Crippen MR) is 97.9 cm³/mol. The van der Waals surface area contributed by atoms with Crippen LogP contribution in [-0.2, 0) is 11.2 Å². The first-order valence-electron chi connectivity index (χ1n) is 7.66. The fourth-order valence-corrected chi connectivity index (χ4v) is 2.62. The van der Waals surface area contributed by atoms with E-state index in [1.165, 1.54) is 0 Å². The topological polar surface area (TPSA) is 68.0 Å². The number of halogens is 2. The van der Waals surface area contributed by atoms with E-state index in [-0.39, 0.29) is 12.3 Å². The highest BCUT2D eigenvalue weighted by Gasteiger charge is 2.13. The molecule has 128 valence electrons. The Morgan fingerprint density at radius 3 is 2.72 bits per heavy atom. The Labute approximate surface area is 155 Å². The number of aromatic nitrogens is 2. The minimum absolute atomic E-state index is 0.155. The molecule has 0 saturated carbocycles. The third kappa shape index (κ3) is 4.38. The predicted octanol–water partition coefficient (Wildman–Crippen LogP) is 4.92. The van der Waals surface area contributed by atoms with Crippen molar-refractivity contribution in [2.24, 2.45) is 0 Å². The summed E-state index contributed by atoms with van der Waals surface area (Å²) in [6.07, 6.45) is 0.554. The van der Waals surface area contributed by atoms with E-state index in [2.05, 4.69) is 15.5 Å². The fraction of sp³-hybridized carbons (Fsp3) is 0.167. The van der Waals surface area contributed by atoms with Crippen LogP contribution >= 0.6 is 23.2 Å². The maximum atomic E-state index is 12.0. The quantitative estimate of drug-likeness (QED) is 0.686. The van der Waals surface area contributed by atoms with Crippen molar-refractivity contribution < 1.29 is 9.32 Å². The van der Waals surface area contributed by atoms with Crippen molar-refractivity contribution in [2.75, 3.05) is 5.32 Å². The number of carbonyl (C=O) groups excluding carboxylic acids is 1. The molecule has 2 aromatic carbocycles. The zero-order valence-corrected chi connectivity index (χ0v) is 14.9. The van der Waals surface area contributed by atoms with E-state index in [4.69, 9.17) is 27.7 Å². The number of anilines is 1. The highest BCUT2D eigenvalue weighted by molar-refractivity contribution is 6.33. The van der Waals surface area contributed by atoms with Crippen molar-refractivity contribution in [1.82, 2.24) is 10.1 Å². The number of hydrogen-bond donors (Lipinski definition) is 1. The van der Waals surface area contributed by atoms with Crippen LogP contribution in [-0.4, -0.2) is 16.0 Å². The lowest BCUT2D eigenvalue weighted by Crippen LogP contribution is -2.12. The second kappa shape index (κ2) is 7.68. The lowest BCUT2D eigenvalue weighted by Gasteiger charge is -2.06. The molecule has 0 aliphatic heterocycles. The van der Waals surface area contributed by atoms with Crippen molar-refractivity contribution in [2.45, 2.75) is 19.8 Å². The summed E-state index contributed by atoms with van der Waals surface area (Å²) in [6, 6.07) is 12.6. The number of amides is 1. The lowest BCUT2D eigenvalue weighted by molar-refractivity contribution is -0.116. The van der Waals surface area contributed by atoms with Gasteiger partial charge in [0, 0.05) is 29.1 Å². The Morgan fingerprint density at radius 1 is 1.16 bits per heavy atom. The van der Waals surface area contributed by atoms with Crippen molar-refractivity contribution in [3.05, 3.63) is 64.0 Å². The number of carbonyl (C=O) groups is 1. The number of benzene rings is 2. The maximum absolute atomic E-state index is 12.0. The van der Waals surface area contributed by atoms with Gasteiger partial charge in [0.2, 0.25) is 17.6 Å². The summed E-state index contributed by atoms with van der Waals surface area (Å²) < 4.78 is 5.19. The molecule has 1 amide bonds. The molecule has 0 radical (unpaired) electrons. The molecule has 3 rings (SSSR count). The summed E-state index contributed by atoms with van der Waals surface area (Å²) >= 11 is 12.2. The Kier molecular flexibility index (Phi) is 5.36. The van der Waals surface area contributed by atoms with Crippen LogP contribution in [0.3, 0.4) is 0 Å². The van der Waals surface area contributed by atoms with Gasteiger partial charge in [0.1, 0.15) is 0 Å². The monoisotopic (exact) mass is 375 g/mol. The Bertz CT molecular complexity index is 909. The molecule has 3 aromatic rings. The van der Waals surface area contributed by atoms with Crippen molar-refractivity contribution in [1.29, 1.82) is 0 Å². The minimum Gasteiger partial charge on any atom is -0.339 e. The van der Waals surface area contributed by atoms with Crippen molar-refractivity contribution in [3.63, 3.8) is 0 Å². The Hall–Kier alpha value is -2.37. The average Bonchev–Trinajstić information content (AvgIpc) is 3.05. The molecule has 7 heteroatoms. The van der Waals surface area contributed by atoms with E-state index in [1.54, 1.807) is 18.2 Å². The smallest absolute Gasteiger partial charge is 0.227 e. The first-order valence-corrected chi connectivity index (χ1v) is 8.42. The van der Waals surface area contributed by atoms with Crippen LogP contribution in [0.2, 0.25) is 10.0 Å². The van der Waals surface area contributed by atoms with Crippen LogP contribution in [0.25, 0.3) is 11.4 Å². The molecular weight excluding hydrogens is 361 g/mol. The number of rotatable bonds is 5. The van der Waals surface area contributed by atoms with Gasteiger partial charge in [0.05, 0.1) is 5.02 Å². The van der Waals surface area contributed by atoms with Gasteiger partial charge in [0.15, 0.2) is 0 Å². The first-order chi connectivity index (χ1) is 12.0. The van der Waals surface area contributed by atoms with E-state index in [0.717, 1.165) is 5.56 Å². The van der Waals surface area contributed by atoms with Gasteiger partial charge in [-0.05, 0) is 36.8 Å². The van der Waals surface area contributed by atoms with E-state index < -0.39 is 0 Å². The number of nitrogens with zero attached hydrogens (tertiary/aromatic N) is 2. The third-order valence-corrected chi connectivity index (χ3v) is 4.34. The normalized spacial score (nSPS) is 10.7. The third-order valence-electron chi connectivity index (χ3n) is 3.60. The maximum Gasteiger partial charge on any atom is 0.227 e. The summed E-state index contributed by atoms with van der Waals surface area (Å²) in [5, 5.41) is 7.86. The minimum atomic E-state index is -0.155. The van der Waals surface area contributed by atoms with Gasteiger partial charge in [-0.3, -0.25) is 4.79 Å². The van der Waals surface area contributed by atoms with Crippen LogP contribution < -0.4 is 5.32 Å². The highest BCUT2D eigenvalue weighted by Crippen LogP contribution is 2.25. The van der Waals surface area contributed by atoms with E-state index >= 15 is 0 Å². The average molecular weight is 376 g/mol. The van der Waals surface area contributed by atoms with Gasteiger partial charge in [-0.15, -0.1) is 0 Å². The van der Waals surface area contributed by atoms with Gasteiger partial charge >= 0.3 is 0 Å². The molecule has 0 fully saturated rings. The summed E-state index contributed by atoms with van der Waals surface area (Å²) in [5.41, 5.74) is 2.30. The van der Waals surface area contributed by atoms with Gasteiger partial charge in [-0.25, -0.2) is 0 Å². The Morgan fingerprint density at radius 2 is 1.96 bits per heavy atom. The van der Waals surface area contributed by atoms with Crippen molar-refractivity contribution in [3.8, 4) is 11.4 Å². The molecule has 0 atom stereocenters. The molecule has 0 saturated heterocycles. The molecule has 0 unspecified atom stereocenters. The zero-order valence-electron chi connectivity index (χ0n) is 13.4. The second-order valence-electron chi connectivity index (χ2n) is 5.50. The molecule has 0 aliphatic rings. The SMILES string of the molecule is Cc1ccc(NC(=O)CCc2nc(-c3ccccc3Cl)no2)cc1Cl. The molecule has 0 aliphatic carbocycles. The molecule has 1 heterocycles. The number of aryl methyl sites for hydroxylation is 2. The molecule has 0 spiro atoms. The van der Waals surface area contributed by atoms with E-state index in [0.29, 0.717) is 39.4 Å². The van der Waals surface area contributed by atoms with Gasteiger partial charge in [0.25, 0.3) is 0 Å². The van der Waals surface area contributed by atoms with Crippen LogP contribution in [0.5, 0.6) is 0 Å². The summed E-state index contributed by atoms with van der Waals surface area (Å²) in [7, 11) is 0. The number of hydrogen-bond acceptors (Lipinski definition) is 4. The molecular formula is C18H15Cl2N3O2. The molecule has 1 N–H and O–H groups in total. The lowest BCUT2D eigenvalue weighted by atomic mass is 10.2. The molecule has 5 nitrogen and oxygen atoms in total. The second-order valence-corrected chi connectivity index (χ2v) is 6.32. The van der Waals surface area contributed by atoms with Crippen LogP contribution in [0, 0.1) is 6.92 Å². The number of nitrogens with one attached hydrogen (secondary N) is 1. The summed E-state index contributed by atoms with van der Waals surface area (Å²) in [5.74, 6) is 0.635. The van der Waals surface area contributed by atoms with Crippen LogP contribution in [0.15, 0.2) is 47.0 Å². The fourth-order valence-electron chi connectivity index (χ4n) is 2.22. The summed E-state index contributed by atoms with van der Waals surface area (Å²) in [6.45, 7) is 1.90. The molecule has 25 heavy (non-hydrogen) atoms. The first kappa shape index (κ1) is 17.5. The van der Waals surface area contributed by atoms with E-state index in [9.17, 15) is 4.79 Å². The largest absolute Gasteiger partial charge is 0.339 e. The summed E-state index contributed by atoms with van der Waals surface area (Å²) in [4.78, 5) is 16.3. The van der Waals surface area contributed by atoms with Gasteiger partial charge in [-0.1, -0.05) is 46.6 Å². The van der Waals surface area contributed by atoms with Crippen LogP contribution in [0.4, 0.5) is 5.69 Å². The highest BCUT2D eigenvalue weighted by atomic mass is 35.5. The van der Waals surface area contributed by atoms with Crippen LogP contribution in [0.1, 0.15) is 17.9 Å². The zero-order chi connectivity index (χ0) is 17.8. The Balaban J connectivity index is 1.59. The van der Waals surface area contributed by atoms with Gasteiger partial charge < -0.3 is 9.84 Å². The van der Waals surface area contributed by atoms with E-state index in [1.807, 2.05) is 31.2 Å². The molecule has 1 aromatic heterocycles. The van der Waals surface area contributed by atoms with Gasteiger partial charge in [-0.2, -0.15) is 4.98 Å². The van der Waals surface area contributed by atoms with Crippen molar-refractivity contribution >= 4 is 34.8 Å².